The number of H-pyrrole nitrogens is 1. The molecule has 0 fully saturated rings. The third-order valence-corrected chi connectivity index (χ3v) is 2.46. The monoisotopic (exact) mass is 284 g/mol. The van der Waals surface area contributed by atoms with Crippen LogP contribution in [-0.4, -0.2) is 21.3 Å². The van der Waals surface area contributed by atoms with Crippen LogP contribution in [0.4, 0.5) is 4.39 Å². The number of hydrogen-bond acceptors (Lipinski definition) is 3. The van der Waals surface area contributed by atoms with Crippen molar-refractivity contribution in [3.8, 4) is 11.3 Å². The Morgan fingerprint density at radius 1 is 1.44 bits per heavy atom. The molecule has 5 nitrogen and oxygen atoms in total. The van der Waals surface area contributed by atoms with Gasteiger partial charge in [-0.3, -0.25) is 4.79 Å². The van der Waals surface area contributed by atoms with Crippen LogP contribution in [0, 0.1) is 5.82 Å². The van der Waals surface area contributed by atoms with Crippen LogP contribution in [0.2, 0.25) is 0 Å². The van der Waals surface area contributed by atoms with Gasteiger partial charge in [0.25, 0.3) is 5.91 Å². The number of amides is 1. The van der Waals surface area contributed by atoms with Crippen molar-refractivity contribution >= 4 is 21.8 Å². The van der Waals surface area contributed by atoms with Gasteiger partial charge in [-0.25, -0.2) is 4.39 Å². The molecule has 1 aromatic heterocycles. The summed E-state index contributed by atoms with van der Waals surface area (Å²) in [7, 11) is 0. The van der Waals surface area contributed by atoms with Crippen molar-refractivity contribution in [1.29, 1.82) is 0 Å². The van der Waals surface area contributed by atoms with Crippen LogP contribution in [-0.2, 0) is 0 Å². The summed E-state index contributed by atoms with van der Waals surface area (Å²) in [6.45, 7) is 0. The van der Waals surface area contributed by atoms with Gasteiger partial charge in [0, 0.05) is 10.0 Å². The highest BCUT2D eigenvalue weighted by Gasteiger charge is 2.18. The Hall–Kier alpha value is -1.76. The Morgan fingerprint density at radius 3 is 2.81 bits per heavy atom. The van der Waals surface area contributed by atoms with E-state index in [1.54, 1.807) is 6.07 Å². The molecule has 3 N–H and O–H groups in total. The summed E-state index contributed by atoms with van der Waals surface area (Å²) in [6, 6.07) is 4.40. The van der Waals surface area contributed by atoms with Crippen LogP contribution in [0.5, 0.6) is 0 Å². The third-order valence-electron chi connectivity index (χ3n) is 1.97. The van der Waals surface area contributed by atoms with E-state index in [-0.39, 0.29) is 17.0 Å². The molecule has 16 heavy (non-hydrogen) atoms. The van der Waals surface area contributed by atoms with Crippen molar-refractivity contribution in [2.24, 2.45) is 5.73 Å². The van der Waals surface area contributed by atoms with Crippen molar-refractivity contribution in [2.45, 2.75) is 0 Å². The summed E-state index contributed by atoms with van der Waals surface area (Å²) in [5, 5.41) is 9.51. The number of carbonyl (C=O) groups excluding carboxylic acids is 1. The van der Waals surface area contributed by atoms with Gasteiger partial charge in [-0.2, -0.15) is 15.4 Å². The number of hydrogen-bond donors (Lipinski definition) is 2. The fourth-order valence-corrected chi connectivity index (χ4v) is 1.61. The first-order valence-electron chi connectivity index (χ1n) is 4.25. The summed E-state index contributed by atoms with van der Waals surface area (Å²) >= 11 is 3.13. The quantitative estimate of drug-likeness (QED) is 0.876. The van der Waals surface area contributed by atoms with E-state index in [2.05, 4.69) is 31.3 Å². The molecule has 0 aliphatic carbocycles. The molecule has 2 rings (SSSR count). The highest BCUT2D eigenvalue weighted by Crippen LogP contribution is 2.25. The van der Waals surface area contributed by atoms with E-state index < -0.39 is 11.7 Å². The van der Waals surface area contributed by atoms with Crippen LogP contribution < -0.4 is 5.73 Å². The maximum Gasteiger partial charge on any atom is 0.271 e. The number of nitrogens with two attached hydrogens (primary N) is 1. The number of carbonyl (C=O) groups is 1. The fourth-order valence-electron chi connectivity index (χ4n) is 1.27. The topological polar surface area (TPSA) is 84.7 Å². The highest BCUT2D eigenvalue weighted by molar-refractivity contribution is 9.10. The molecular weight excluding hydrogens is 279 g/mol. The second kappa shape index (κ2) is 4.01. The lowest BCUT2D eigenvalue weighted by Gasteiger charge is -2.00. The average molecular weight is 285 g/mol. The van der Waals surface area contributed by atoms with Crippen molar-refractivity contribution in [2.75, 3.05) is 0 Å². The number of rotatable bonds is 2. The average Bonchev–Trinajstić information content (AvgIpc) is 2.66. The second-order valence-electron chi connectivity index (χ2n) is 3.01. The molecule has 0 atom stereocenters. The third kappa shape index (κ3) is 1.81. The Balaban J connectivity index is 2.59. The zero-order chi connectivity index (χ0) is 11.7. The van der Waals surface area contributed by atoms with E-state index in [1.807, 2.05) is 0 Å². The van der Waals surface area contributed by atoms with Crippen LogP contribution >= 0.6 is 15.9 Å². The second-order valence-corrected chi connectivity index (χ2v) is 3.92. The van der Waals surface area contributed by atoms with E-state index in [4.69, 9.17) is 5.73 Å². The minimum Gasteiger partial charge on any atom is -0.364 e. The molecule has 82 valence electrons. The number of aromatic amines is 1. The lowest BCUT2D eigenvalue weighted by Crippen LogP contribution is -2.13. The molecule has 1 heterocycles. The van der Waals surface area contributed by atoms with Gasteiger partial charge in [0.2, 0.25) is 0 Å². The van der Waals surface area contributed by atoms with Gasteiger partial charge in [0.05, 0.1) is 0 Å². The van der Waals surface area contributed by atoms with Crippen LogP contribution in [0.3, 0.4) is 0 Å². The van der Waals surface area contributed by atoms with E-state index >= 15 is 0 Å². The zero-order valence-corrected chi connectivity index (χ0v) is 9.45. The van der Waals surface area contributed by atoms with Crippen LogP contribution in [0.1, 0.15) is 10.5 Å². The number of nitrogens with zero attached hydrogens (tertiary/aromatic N) is 2. The SMILES string of the molecule is NC(=O)c1n[nH]nc1-c1ccc(Br)cc1F. The molecule has 0 aliphatic heterocycles. The van der Waals surface area contributed by atoms with Gasteiger partial charge in [0.1, 0.15) is 11.5 Å². The van der Waals surface area contributed by atoms with Crippen molar-refractivity contribution in [3.05, 3.63) is 34.2 Å². The predicted molar refractivity (Wildman–Crippen MR) is 58.0 cm³/mol. The van der Waals surface area contributed by atoms with E-state index in [0.29, 0.717) is 4.47 Å². The molecule has 0 radical (unpaired) electrons. The summed E-state index contributed by atoms with van der Waals surface area (Å²) < 4.78 is 14.2. The normalized spacial score (nSPS) is 10.4. The molecular formula is C9H6BrFN4O. The summed E-state index contributed by atoms with van der Waals surface area (Å²) in [6.07, 6.45) is 0. The Bertz CT molecular complexity index is 554. The molecule has 0 saturated heterocycles. The van der Waals surface area contributed by atoms with Crippen LogP contribution in [0.15, 0.2) is 22.7 Å². The largest absolute Gasteiger partial charge is 0.364 e. The molecule has 1 amide bonds. The minimum atomic E-state index is -0.758. The molecule has 0 aliphatic rings. The number of aromatic nitrogens is 3. The standard InChI is InChI=1S/C9H6BrFN4O/c10-4-1-2-5(6(11)3-4)7-8(9(12)16)14-15-13-7/h1-3H,(H2,12,16)(H,13,14,15). The van der Waals surface area contributed by atoms with E-state index in [0.717, 1.165) is 0 Å². The van der Waals surface area contributed by atoms with Gasteiger partial charge < -0.3 is 5.73 Å². The number of benzene rings is 1. The van der Waals surface area contributed by atoms with Crippen molar-refractivity contribution in [1.82, 2.24) is 15.4 Å². The highest BCUT2D eigenvalue weighted by atomic mass is 79.9. The Morgan fingerprint density at radius 2 is 2.19 bits per heavy atom. The van der Waals surface area contributed by atoms with Crippen molar-refractivity contribution in [3.63, 3.8) is 0 Å². The Labute approximate surface area is 98.0 Å². The molecule has 0 spiro atoms. The van der Waals surface area contributed by atoms with Gasteiger partial charge in [-0.15, -0.1) is 0 Å². The first kappa shape index (κ1) is 10.7. The summed E-state index contributed by atoms with van der Waals surface area (Å²) in [5.74, 6) is -1.27. The maximum absolute atomic E-state index is 13.6. The fraction of sp³-hybridized carbons (Fsp3) is 0. The smallest absolute Gasteiger partial charge is 0.271 e. The zero-order valence-electron chi connectivity index (χ0n) is 7.87. The molecule has 0 saturated carbocycles. The van der Waals surface area contributed by atoms with Gasteiger partial charge >= 0.3 is 0 Å². The lowest BCUT2D eigenvalue weighted by atomic mass is 10.1. The Kier molecular flexibility index (Phi) is 2.69. The first-order valence-corrected chi connectivity index (χ1v) is 5.05. The van der Waals surface area contributed by atoms with E-state index in [1.165, 1.54) is 12.1 Å². The number of primary amides is 1. The van der Waals surface area contributed by atoms with Gasteiger partial charge in [-0.05, 0) is 18.2 Å². The van der Waals surface area contributed by atoms with Crippen molar-refractivity contribution < 1.29 is 9.18 Å². The van der Waals surface area contributed by atoms with Crippen LogP contribution in [0.25, 0.3) is 11.3 Å². The molecule has 2 aromatic rings. The molecule has 0 unspecified atom stereocenters. The predicted octanol–water partition coefficient (Wildman–Crippen LogP) is 1.47. The number of halogens is 2. The van der Waals surface area contributed by atoms with Gasteiger partial charge in [-0.1, -0.05) is 15.9 Å². The lowest BCUT2D eigenvalue weighted by molar-refractivity contribution is 0.0996. The number of nitrogens with one attached hydrogen (secondary N) is 1. The molecule has 7 heteroatoms. The maximum atomic E-state index is 13.6. The minimum absolute atomic E-state index is 0.0822. The summed E-state index contributed by atoms with van der Waals surface area (Å²) in [4.78, 5) is 11.0. The van der Waals surface area contributed by atoms with E-state index in [9.17, 15) is 9.18 Å². The van der Waals surface area contributed by atoms with Gasteiger partial charge in [0.15, 0.2) is 5.69 Å². The first-order chi connectivity index (χ1) is 7.59. The molecule has 0 bridgehead atoms. The summed E-state index contributed by atoms with van der Waals surface area (Å²) in [5.41, 5.74) is 5.28. The molecule has 1 aromatic carbocycles.